The fourth-order valence-corrected chi connectivity index (χ4v) is 3.50. The summed E-state index contributed by atoms with van der Waals surface area (Å²) < 4.78 is 6.59. The number of fused-ring (bicyclic) bond motifs is 1. The highest BCUT2D eigenvalue weighted by Gasteiger charge is 2.18. The maximum atomic E-state index is 12.1. The minimum absolute atomic E-state index is 0.0449. The van der Waals surface area contributed by atoms with Crippen molar-refractivity contribution >= 4 is 32.6 Å². The zero-order chi connectivity index (χ0) is 16.2. The van der Waals surface area contributed by atoms with E-state index in [1.54, 1.807) is 0 Å². The Morgan fingerprint density at radius 2 is 2.00 bits per heavy atom. The number of rotatable bonds is 4. The first kappa shape index (κ1) is 16.3. The number of nitrogens with one attached hydrogen (secondary N) is 1. The molecule has 1 aliphatic rings. The van der Waals surface area contributed by atoms with Crippen LogP contribution in [0.15, 0.2) is 40.9 Å². The number of carbonyl (C=O) groups is 1. The van der Waals surface area contributed by atoms with Gasteiger partial charge in [-0.15, -0.1) is 0 Å². The quantitative estimate of drug-likeness (QED) is 0.890. The minimum atomic E-state index is -0.0559. The second-order valence-electron chi connectivity index (χ2n) is 6.03. The summed E-state index contributed by atoms with van der Waals surface area (Å²) in [4.78, 5) is 14.4. The molecule has 0 aromatic heterocycles. The fraction of sp³-hybridized carbons (Fsp3) is 0.389. The monoisotopic (exact) mass is 376 g/mol. The summed E-state index contributed by atoms with van der Waals surface area (Å²) in [5.41, 5.74) is 0. The van der Waals surface area contributed by atoms with E-state index in [-0.39, 0.29) is 18.6 Å². The molecular formula is C18H21BrN2O2. The maximum Gasteiger partial charge on any atom is 0.258 e. The van der Waals surface area contributed by atoms with Gasteiger partial charge in [0.25, 0.3) is 5.91 Å². The van der Waals surface area contributed by atoms with Crippen molar-refractivity contribution in [2.24, 2.45) is 0 Å². The molecule has 2 aromatic carbocycles. The van der Waals surface area contributed by atoms with E-state index in [0.29, 0.717) is 5.75 Å². The molecule has 1 fully saturated rings. The van der Waals surface area contributed by atoms with Crippen LogP contribution in [0.1, 0.15) is 12.8 Å². The number of ether oxygens (including phenoxy) is 1. The molecule has 1 heterocycles. The van der Waals surface area contributed by atoms with Gasteiger partial charge in [0.05, 0.1) is 4.47 Å². The van der Waals surface area contributed by atoms with Crippen molar-refractivity contribution in [1.29, 1.82) is 0 Å². The molecule has 2 aromatic rings. The van der Waals surface area contributed by atoms with E-state index in [2.05, 4.69) is 39.3 Å². The van der Waals surface area contributed by atoms with Crippen LogP contribution in [0.3, 0.4) is 0 Å². The third-order valence-electron chi connectivity index (χ3n) is 4.27. The first-order valence-corrected chi connectivity index (χ1v) is 8.71. The predicted molar refractivity (Wildman–Crippen MR) is 95.8 cm³/mol. The van der Waals surface area contributed by atoms with Gasteiger partial charge in [0.1, 0.15) is 5.75 Å². The lowest BCUT2D eigenvalue weighted by Crippen LogP contribution is -2.44. The lowest BCUT2D eigenvalue weighted by molar-refractivity contribution is -0.124. The summed E-state index contributed by atoms with van der Waals surface area (Å²) in [5.74, 6) is 0.641. The van der Waals surface area contributed by atoms with Crippen molar-refractivity contribution < 1.29 is 9.53 Å². The summed E-state index contributed by atoms with van der Waals surface area (Å²) in [5, 5.41) is 5.29. The predicted octanol–water partition coefficient (Wildman–Crippen LogP) is 3.19. The summed E-state index contributed by atoms with van der Waals surface area (Å²) in [7, 11) is 2.11. The molecular weight excluding hydrogens is 356 g/mol. The number of nitrogens with zero attached hydrogens (tertiary/aromatic N) is 1. The average Bonchev–Trinajstić information content (AvgIpc) is 2.57. The van der Waals surface area contributed by atoms with Gasteiger partial charge >= 0.3 is 0 Å². The third kappa shape index (κ3) is 4.03. The molecule has 23 heavy (non-hydrogen) atoms. The molecule has 4 nitrogen and oxygen atoms in total. The zero-order valence-corrected chi connectivity index (χ0v) is 14.8. The molecule has 0 saturated carbocycles. The largest absolute Gasteiger partial charge is 0.483 e. The smallest absolute Gasteiger partial charge is 0.258 e. The van der Waals surface area contributed by atoms with Crippen LogP contribution in [-0.4, -0.2) is 43.6 Å². The van der Waals surface area contributed by atoms with E-state index in [1.807, 2.05) is 30.3 Å². The topological polar surface area (TPSA) is 41.6 Å². The number of benzene rings is 2. The highest BCUT2D eigenvalue weighted by Crippen LogP contribution is 2.32. The number of piperidine rings is 1. The van der Waals surface area contributed by atoms with Crippen LogP contribution in [0.4, 0.5) is 0 Å². The van der Waals surface area contributed by atoms with Gasteiger partial charge in [-0.2, -0.15) is 0 Å². The van der Waals surface area contributed by atoms with E-state index in [9.17, 15) is 4.79 Å². The zero-order valence-electron chi connectivity index (χ0n) is 13.2. The molecule has 0 spiro atoms. The molecule has 1 amide bonds. The minimum Gasteiger partial charge on any atom is -0.483 e. The highest BCUT2D eigenvalue weighted by atomic mass is 79.9. The number of amides is 1. The Kier molecular flexibility index (Phi) is 5.18. The lowest BCUT2D eigenvalue weighted by atomic mass is 10.1. The van der Waals surface area contributed by atoms with Crippen LogP contribution in [-0.2, 0) is 4.79 Å². The van der Waals surface area contributed by atoms with E-state index >= 15 is 0 Å². The summed E-state index contributed by atoms with van der Waals surface area (Å²) in [6, 6.07) is 12.2. The molecule has 5 heteroatoms. The molecule has 3 rings (SSSR count). The SMILES string of the molecule is CN1CCC(NC(=O)COc2ccc3ccccc3c2Br)CC1. The highest BCUT2D eigenvalue weighted by molar-refractivity contribution is 9.10. The van der Waals surface area contributed by atoms with Gasteiger partial charge < -0.3 is 15.0 Å². The molecule has 0 aliphatic carbocycles. The van der Waals surface area contributed by atoms with Crippen LogP contribution < -0.4 is 10.1 Å². The van der Waals surface area contributed by atoms with Crippen molar-refractivity contribution in [3.05, 3.63) is 40.9 Å². The Morgan fingerprint density at radius 1 is 1.26 bits per heavy atom. The van der Waals surface area contributed by atoms with Crippen LogP contribution in [0.25, 0.3) is 10.8 Å². The number of carbonyl (C=O) groups excluding carboxylic acids is 1. The molecule has 0 atom stereocenters. The van der Waals surface area contributed by atoms with Gasteiger partial charge in [0, 0.05) is 6.04 Å². The van der Waals surface area contributed by atoms with Crippen molar-refractivity contribution in [1.82, 2.24) is 10.2 Å². The molecule has 122 valence electrons. The van der Waals surface area contributed by atoms with Gasteiger partial charge in [-0.05, 0) is 65.7 Å². The van der Waals surface area contributed by atoms with Crippen LogP contribution in [0.2, 0.25) is 0 Å². The molecule has 1 saturated heterocycles. The average molecular weight is 377 g/mol. The van der Waals surface area contributed by atoms with Gasteiger partial charge in [-0.3, -0.25) is 4.79 Å². The molecule has 0 radical (unpaired) electrons. The second-order valence-corrected chi connectivity index (χ2v) is 6.83. The standard InChI is InChI=1S/C18H21BrN2O2/c1-21-10-8-14(9-11-21)20-17(22)12-23-16-7-6-13-4-2-3-5-15(13)18(16)19/h2-7,14H,8-12H2,1H3,(H,20,22). The van der Waals surface area contributed by atoms with Crippen LogP contribution >= 0.6 is 15.9 Å². The van der Waals surface area contributed by atoms with Gasteiger partial charge in [0.2, 0.25) is 0 Å². The van der Waals surface area contributed by atoms with Crippen molar-refractivity contribution in [3.63, 3.8) is 0 Å². The Labute approximate surface area is 144 Å². The third-order valence-corrected chi connectivity index (χ3v) is 5.09. The maximum absolute atomic E-state index is 12.1. The Balaban J connectivity index is 1.57. The molecule has 0 unspecified atom stereocenters. The van der Waals surface area contributed by atoms with Gasteiger partial charge in [0.15, 0.2) is 6.61 Å². The number of halogens is 1. The number of hydrogen-bond donors (Lipinski definition) is 1. The fourth-order valence-electron chi connectivity index (χ4n) is 2.89. The molecule has 1 N–H and O–H groups in total. The van der Waals surface area contributed by atoms with Crippen molar-refractivity contribution in [2.45, 2.75) is 18.9 Å². The number of likely N-dealkylation sites (tertiary alicyclic amines) is 1. The van der Waals surface area contributed by atoms with E-state index < -0.39 is 0 Å². The second kappa shape index (κ2) is 7.32. The van der Waals surface area contributed by atoms with Crippen molar-refractivity contribution in [3.8, 4) is 5.75 Å². The van der Waals surface area contributed by atoms with E-state index in [1.165, 1.54) is 0 Å². The summed E-state index contributed by atoms with van der Waals surface area (Å²) >= 11 is 3.57. The molecule has 1 aliphatic heterocycles. The van der Waals surface area contributed by atoms with E-state index in [0.717, 1.165) is 41.2 Å². The first-order chi connectivity index (χ1) is 11.1. The summed E-state index contributed by atoms with van der Waals surface area (Å²) in [6.45, 7) is 2.10. The number of hydrogen-bond acceptors (Lipinski definition) is 3. The van der Waals surface area contributed by atoms with Crippen LogP contribution in [0, 0.1) is 0 Å². The summed E-state index contributed by atoms with van der Waals surface area (Å²) in [6.07, 6.45) is 2.00. The Bertz CT molecular complexity index is 696. The van der Waals surface area contributed by atoms with Gasteiger partial charge in [-0.1, -0.05) is 30.3 Å². The molecule has 0 bridgehead atoms. The normalized spacial score (nSPS) is 16.4. The van der Waals surface area contributed by atoms with Gasteiger partial charge in [-0.25, -0.2) is 0 Å². The van der Waals surface area contributed by atoms with Crippen LogP contribution in [0.5, 0.6) is 5.75 Å². The Morgan fingerprint density at radius 3 is 2.78 bits per heavy atom. The van der Waals surface area contributed by atoms with Crippen molar-refractivity contribution in [2.75, 3.05) is 26.7 Å². The Hall–Kier alpha value is -1.59. The first-order valence-electron chi connectivity index (χ1n) is 7.91. The lowest BCUT2D eigenvalue weighted by Gasteiger charge is -2.29. The van der Waals surface area contributed by atoms with E-state index in [4.69, 9.17) is 4.74 Å².